The number of benzene rings is 3. The molecule has 3 rings (SSSR count). The Kier molecular flexibility index (Phi) is 4.89. The van der Waals surface area contributed by atoms with Gasteiger partial charge in [-0.25, -0.2) is 0 Å². The molecule has 3 aromatic rings. The van der Waals surface area contributed by atoms with Crippen molar-refractivity contribution in [2.45, 2.75) is 6.18 Å². The van der Waals surface area contributed by atoms with Gasteiger partial charge in [-0.2, -0.15) is 13.2 Å². The molecule has 0 saturated carbocycles. The van der Waals surface area contributed by atoms with E-state index in [4.69, 9.17) is 9.47 Å². The van der Waals surface area contributed by atoms with E-state index in [0.29, 0.717) is 28.2 Å². The minimum absolute atomic E-state index is 0.136. The van der Waals surface area contributed by atoms with Crippen molar-refractivity contribution in [2.24, 2.45) is 0 Å². The Hall–Kier alpha value is -2.95. The van der Waals surface area contributed by atoms with Gasteiger partial charge < -0.3 is 9.47 Å². The fourth-order valence-corrected chi connectivity index (χ4v) is 2.76. The summed E-state index contributed by atoms with van der Waals surface area (Å²) in [5, 5.41) is 0. The molecule has 0 fully saturated rings. The zero-order valence-electron chi connectivity index (χ0n) is 14.3. The van der Waals surface area contributed by atoms with Crippen molar-refractivity contribution in [2.75, 3.05) is 14.2 Å². The highest BCUT2D eigenvalue weighted by atomic mass is 19.4. The van der Waals surface area contributed by atoms with Gasteiger partial charge in [-0.3, -0.25) is 0 Å². The van der Waals surface area contributed by atoms with Crippen LogP contribution in [-0.4, -0.2) is 14.2 Å². The quantitative estimate of drug-likeness (QED) is 0.565. The molecular formula is C21H17F3O2. The molecule has 0 bridgehead atoms. The molecule has 0 aromatic heterocycles. The first-order valence-electron chi connectivity index (χ1n) is 7.92. The van der Waals surface area contributed by atoms with Crippen LogP contribution in [0, 0.1) is 0 Å². The number of alkyl halides is 3. The monoisotopic (exact) mass is 358 g/mol. The van der Waals surface area contributed by atoms with E-state index in [-0.39, 0.29) is 5.56 Å². The van der Waals surface area contributed by atoms with Crippen molar-refractivity contribution in [1.29, 1.82) is 0 Å². The van der Waals surface area contributed by atoms with E-state index in [2.05, 4.69) is 0 Å². The van der Waals surface area contributed by atoms with E-state index in [9.17, 15) is 13.2 Å². The van der Waals surface area contributed by atoms with E-state index < -0.39 is 11.7 Å². The summed E-state index contributed by atoms with van der Waals surface area (Å²) >= 11 is 0. The largest absolute Gasteiger partial charge is 0.497 e. The molecule has 26 heavy (non-hydrogen) atoms. The molecule has 0 unspecified atom stereocenters. The topological polar surface area (TPSA) is 18.5 Å². The number of ether oxygens (including phenoxy) is 2. The van der Waals surface area contributed by atoms with Crippen molar-refractivity contribution >= 4 is 0 Å². The summed E-state index contributed by atoms with van der Waals surface area (Å²) < 4.78 is 51.1. The highest BCUT2D eigenvalue weighted by Gasteiger charge is 2.34. The first-order valence-corrected chi connectivity index (χ1v) is 7.92. The number of hydrogen-bond donors (Lipinski definition) is 0. The molecule has 0 aliphatic carbocycles. The summed E-state index contributed by atoms with van der Waals surface area (Å²) in [6.07, 6.45) is -4.46. The fraction of sp³-hybridized carbons (Fsp3) is 0.143. The highest BCUT2D eigenvalue weighted by Crippen LogP contribution is 2.40. The zero-order valence-corrected chi connectivity index (χ0v) is 14.3. The first-order chi connectivity index (χ1) is 12.4. The minimum Gasteiger partial charge on any atom is -0.497 e. The van der Waals surface area contributed by atoms with E-state index >= 15 is 0 Å². The number of methoxy groups -OCH3 is 2. The molecule has 3 aromatic carbocycles. The summed E-state index contributed by atoms with van der Waals surface area (Å²) in [4.78, 5) is 0. The van der Waals surface area contributed by atoms with Crippen LogP contribution < -0.4 is 9.47 Å². The summed E-state index contributed by atoms with van der Waals surface area (Å²) in [6, 6.07) is 17.8. The van der Waals surface area contributed by atoms with E-state index in [1.165, 1.54) is 19.2 Å². The predicted octanol–water partition coefficient (Wildman–Crippen LogP) is 6.06. The average Bonchev–Trinajstić information content (AvgIpc) is 2.67. The van der Waals surface area contributed by atoms with E-state index in [1.807, 2.05) is 0 Å². The van der Waals surface area contributed by atoms with Crippen molar-refractivity contribution < 1.29 is 22.6 Å². The van der Waals surface area contributed by atoms with Gasteiger partial charge in [-0.1, -0.05) is 36.4 Å². The standard InChI is InChI=1S/C21H17F3O2/c1-25-17-8-3-14(4-9-17)16-7-12-19(20(13-16)21(22,23)24)15-5-10-18(26-2)11-6-15/h3-13H,1-2H3. The number of halogens is 3. The maximum absolute atomic E-state index is 13.6. The van der Waals surface area contributed by atoms with Gasteiger partial charge in [0.15, 0.2) is 0 Å². The fourth-order valence-electron chi connectivity index (χ4n) is 2.76. The van der Waals surface area contributed by atoms with Crippen LogP contribution >= 0.6 is 0 Å². The second-order valence-corrected chi connectivity index (χ2v) is 5.72. The molecular weight excluding hydrogens is 341 g/mol. The van der Waals surface area contributed by atoms with Gasteiger partial charge in [0.1, 0.15) is 11.5 Å². The Labute approximate surface area is 149 Å². The Morgan fingerprint density at radius 2 is 1.08 bits per heavy atom. The maximum atomic E-state index is 13.6. The summed E-state index contributed by atoms with van der Waals surface area (Å²) in [7, 11) is 3.06. The van der Waals surface area contributed by atoms with Crippen LogP contribution in [0.4, 0.5) is 13.2 Å². The number of hydrogen-bond acceptors (Lipinski definition) is 2. The molecule has 134 valence electrons. The maximum Gasteiger partial charge on any atom is 0.417 e. The summed E-state index contributed by atoms with van der Waals surface area (Å²) in [5.74, 6) is 1.25. The van der Waals surface area contributed by atoms with Crippen LogP contribution in [0.1, 0.15) is 5.56 Å². The van der Waals surface area contributed by atoms with Crippen molar-refractivity contribution in [3.8, 4) is 33.8 Å². The summed E-state index contributed by atoms with van der Waals surface area (Å²) in [6.45, 7) is 0. The van der Waals surface area contributed by atoms with Crippen molar-refractivity contribution in [3.63, 3.8) is 0 Å². The van der Waals surface area contributed by atoms with Gasteiger partial charge in [0.05, 0.1) is 19.8 Å². The third-order valence-electron chi connectivity index (χ3n) is 4.15. The van der Waals surface area contributed by atoms with Crippen molar-refractivity contribution in [3.05, 3.63) is 72.3 Å². The Balaban J connectivity index is 2.08. The highest BCUT2D eigenvalue weighted by molar-refractivity contribution is 5.74. The van der Waals surface area contributed by atoms with E-state index in [1.54, 1.807) is 61.7 Å². The molecule has 0 aliphatic heterocycles. The molecule has 0 spiro atoms. The van der Waals surface area contributed by atoms with Crippen LogP contribution in [0.3, 0.4) is 0 Å². The van der Waals surface area contributed by atoms with Crippen LogP contribution in [0.25, 0.3) is 22.3 Å². The third kappa shape index (κ3) is 3.67. The van der Waals surface area contributed by atoms with Crippen LogP contribution in [0.15, 0.2) is 66.7 Å². The van der Waals surface area contributed by atoms with Crippen molar-refractivity contribution in [1.82, 2.24) is 0 Å². The Morgan fingerprint density at radius 3 is 1.54 bits per heavy atom. The van der Waals surface area contributed by atoms with Gasteiger partial charge in [-0.05, 0) is 52.6 Å². The first kappa shape index (κ1) is 17.9. The SMILES string of the molecule is COc1ccc(-c2ccc(-c3ccc(OC)cc3)c(C(F)(F)F)c2)cc1. The zero-order chi connectivity index (χ0) is 18.7. The molecule has 0 radical (unpaired) electrons. The molecule has 0 heterocycles. The van der Waals surface area contributed by atoms with Gasteiger partial charge in [-0.15, -0.1) is 0 Å². The van der Waals surface area contributed by atoms with Crippen LogP contribution in [-0.2, 0) is 6.18 Å². The Bertz CT molecular complexity index is 883. The lowest BCUT2D eigenvalue weighted by molar-refractivity contribution is -0.137. The molecule has 0 atom stereocenters. The third-order valence-corrected chi connectivity index (χ3v) is 4.15. The van der Waals surface area contributed by atoms with Gasteiger partial charge in [0.25, 0.3) is 0 Å². The lowest BCUT2D eigenvalue weighted by atomic mass is 9.94. The smallest absolute Gasteiger partial charge is 0.417 e. The normalized spacial score (nSPS) is 11.3. The van der Waals surface area contributed by atoms with Crippen LogP contribution in [0.2, 0.25) is 0 Å². The number of rotatable bonds is 4. The molecule has 0 aliphatic rings. The lowest BCUT2D eigenvalue weighted by Crippen LogP contribution is -2.07. The summed E-state index contributed by atoms with van der Waals surface area (Å²) in [5.41, 5.74) is 1.14. The van der Waals surface area contributed by atoms with Crippen LogP contribution in [0.5, 0.6) is 11.5 Å². The van der Waals surface area contributed by atoms with Gasteiger partial charge in [0.2, 0.25) is 0 Å². The molecule has 2 nitrogen and oxygen atoms in total. The van der Waals surface area contributed by atoms with Gasteiger partial charge >= 0.3 is 6.18 Å². The second-order valence-electron chi connectivity index (χ2n) is 5.72. The molecule has 0 N–H and O–H groups in total. The minimum atomic E-state index is -4.46. The lowest BCUT2D eigenvalue weighted by Gasteiger charge is -2.15. The Morgan fingerprint density at radius 1 is 0.615 bits per heavy atom. The van der Waals surface area contributed by atoms with Gasteiger partial charge in [0, 0.05) is 0 Å². The molecule has 0 amide bonds. The second kappa shape index (κ2) is 7.12. The predicted molar refractivity (Wildman–Crippen MR) is 95.4 cm³/mol. The van der Waals surface area contributed by atoms with E-state index in [0.717, 1.165) is 0 Å². The molecule has 5 heteroatoms. The average molecular weight is 358 g/mol. The molecule has 0 saturated heterocycles.